The lowest BCUT2D eigenvalue weighted by Crippen LogP contribution is -2.42. The number of carbonyl (C=O) groups excluding carboxylic acids is 1. The van der Waals surface area contributed by atoms with Crippen LogP contribution >= 0.6 is 0 Å². The highest BCUT2D eigenvalue weighted by Crippen LogP contribution is 2.23. The quantitative estimate of drug-likeness (QED) is 0.808. The minimum atomic E-state index is 0.269. The van der Waals surface area contributed by atoms with Crippen LogP contribution in [0.5, 0.6) is 0 Å². The van der Waals surface area contributed by atoms with Gasteiger partial charge in [0.05, 0.1) is 6.54 Å². The molecule has 122 valence electrons. The molecule has 0 saturated carbocycles. The molecule has 2 rings (SSSR count). The summed E-state index contributed by atoms with van der Waals surface area (Å²) >= 11 is 0. The van der Waals surface area contributed by atoms with Gasteiger partial charge in [-0.25, -0.2) is 0 Å². The number of anilines is 1. The van der Waals surface area contributed by atoms with Crippen LogP contribution in [0.1, 0.15) is 32.3 Å². The highest BCUT2D eigenvalue weighted by Gasteiger charge is 2.21. The van der Waals surface area contributed by atoms with Gasteiger partial charge in [0.1, 0.15) is 0 Å². The Labute approximate surface area is 134 Å². The lowest BCUT2D eigenvalue weighted by molar-refractivity contribution is -0.132. The van der Waals surface area contributed by atoms with Crippen LogP contribution in [0.4, 0.5) is 5.69 Å². The van der Waals surface area contributed by atoms with E-state index in [9.17, 15) is 4.79 Å². The molecule has 4 nitrogen and oxygen atoms in total. The summed E-state index contributed by atoms with van der Waals surface area (Å²) < 4.78 is 0. The van der Waals surface area contributed by atoms with Crippen molar-refractivity contribution in [3.05, 3.63) is 29.8 Å². The Hall–Kier alpha value is -1.55. The van der Waals surface area contributed by atoms with Crippen LogP contribution in [-0.4, -0.2) is 55.5 Å². The molecule has 1 aromatic carbocycles. The van der Waals surface area contributed by atoms with Gasteiger partial charge in [0.25, 0.3) is 0 Å². The van der Waals surface area contributed by atoms with E-state index in [1.54, 1.807) is 0 Å². The van der Waals surface area contributed by atoms with Crippen LogP contribution < -0.4 is 4.90 Å². The van der Waals surface area contributed by atoms with Crippen molar-refractivity contribution in [2.24, 2.45) is 0 Å². The molecule has 4 heteroatoms. The van der Waals surface area contributed by atoms with E-state index in [1.165, 1.54) is 11.3 Å². The van der Waals surface area contributed by atoms with Gasteiger partial charge in [-0.3, -0.25) is 9.69 Å². The van der Waals surface area contributed by atoms with Crippen molar-refractivity contribution >= 4 is 11.6 Å². The Morgan fingerprint density at radius 2 is 1.82 bits per heavy atom. The van der Waals surface area contributed by atoms with Crippen molar-refractivity contribution in [3.8, 4) is 0 Å². The van der Waals surface area contributed by atoms with E-state index < -0.39 is 0 Å². The number of likely N-dealkylation sites (N-methyl/N-ethyl adjacent to an activating group) is 1. The summed E-state index contributed by atoms with van der Waals surface area (Å²) in [6, 6.07) is 8.50. The molecule has 22 heavy (non-hydrogen) atoms. The molecular formula is C18H29N3O. The van der Waals surface area contributed by atoms with E-state index in [0.717, 1.165) is 45.6 Å². The highest BCUT2D eigenvalue weighted by molar-refractivity contribution is 5.78. The smallest absolute Gasteiger partial charge is 0.236 e. The molecule has 1 aromatic rings. The largest absolute Gasteiger partial charge is 0.373 e. The van der Waals surface area contributed by atoms with Crippen LogP contribution in [0.2, 0.25) is 0 Å². The van der Waals surface area contributed by atoms with Gasteiger partial charge in [-0.1, -0.05) is 32.0 Å². The maximum Gasteiger partial charge on any atom is 0.236 e. The predicted molar refractivity (Wildman–Crippen MR) is 92.2 cm³/mol. The first-order valence-corrected chi connectivity index (χ1v) is 8.44. The molecule has 0 saturated heterocycles. The lowest BCUT2D eigenvalue weighted by Gasteiger charge is -2.26. The zero-order chi connectivity index (χ0) is 15.9. The topological polar surface area (TPSA) is 26.8 Å². The average molecular weight is 303 g/mol. The van der Waals surface area contributed by atoms with E-state index in [-0.39, 0.29) is 5.91 Å². The molecule has 0 aliphatic carbocycles. The Balaban J connectivity index is 2.03. The molecule has 0 bridgehead atoms. The van der Waals surface area contributed by atoms with Gasteiger partial charge in [-0.15, -0.1) is 0 Å². The number of nitrogens with zero attached hydrogens (tertiary/aromatic N) is 3. The Kier molecular flexibility index (Phi) is 6.25. The molecular weight excluding hydrogens is 274 g/mol. The van der Waals surface area contributed by atoms with E-state index in [4.69, 9.17) is 0 Å². The van der Waals surface area contributed by atoms with Crippen molar-refractivity contribution in [2.75, 3.05) is 44.7 Å². The standard InChI is InChI=1S/C18H29N3O/c1-4-10-21(11-5-2)18(22)15-20-13-12-19(3)17-9-7-6-8-16(17)14-20/h6-9H,4-5,10-15H2,1-3H3. The molecule has 0 unspecified atom stereocenters. The molecule has 1 amide bonds. The van der Waals surface area contributed by atoms with Crippen molar-refractivity contribution < 1.29 is 4.79 Å². The first-order valence-electron chi connectivity index (χ1n) is 8.44. The van der Waals surface area contributed by atoms with Crippen LogP contribution in [0.25, 0.3) is 0 Å². The summed E-state index contributed by atoms with van der Waals surface area (Å²) in [5, 5.41) is 0. The van der Waals surface area contributed by atoms with Gasteiger partial charge in [0.2, 0.25) is 5.91 Å². The molecule has 0 fully saturated rings. The SMILES string of the molecule is CCCN(CCC)C(=O)CN1CCN(C)c2ccccc2C1. The number of fused-ring (bicyclic) bond motifs is 1. The molecule has 0 N–H and O–H groups in total. The maximum absolute atomic E-state index is 12.6. The van der Waals surface area contributed by atoms with Gasteiger partial charge in [0, 0.05) is 45.5 Å². The van der Waals surface area contributed by atoms with Crippen LogP contribution in [0.15, 0.2) is 24.3 Å². The lowest BCUT2D eigenvalue weighted by atomic mass is 10.1. The molecule has 1 aliphatic heterocycles. The molecule has 1 aliphatic rings. The number of amides is 1. The molecule has 0 atom stereocenters. The third-order valence-electron chi connectivity index (χ3n) is 4.25. The fourth-order valence-corrected chi connectivity index (χ4v) is 3.08. The van der Waals surface area contributed by atoms with Crippen molar-refractivity contribution in [2.45, 2.75) is 33.2 Å². The molecule has 0 aromatic heterocycles. The van der Waals surface area contributed by atoms with Gasteiger partial charge in [-0.05, 0) is 24.5 Å². The van der Waals surface area contributed by atoms with E-state index >= 15 is 0 Å². The van der Waals surface area contributed by atoms with Gasteiger partial charge >= 0.3 is 0 Å². The molecule has 0 radical (unpaired) electrons. The van der Waals surface area contributed by atoms with Gasteiger partial charge in [-0.2, -0.15) is 0 Å². The maximum atomic E-state index is 12.6. The van der Waals surface area contributed by atoms with E-state index in [1.807, 2.05) is 4.90 Å². The summed E-state index contributed by atoms with van der Waals surface area (Å²) in [6.45, 7) is 9.30. The second kappa shape index (κ2) is 8.18. The second-order valence-corrected chi connectivity index (χ2v) is 6.14. The average Bonchev–Trinajstić information content (AvgIpc) is 2.67. The number of benzene rings is 1. The zero-order valence-corrected chi connectivity index (χ0v) is 14.2. The fraction of sp³-hybridized carbons (Fsp3) is 0.611. The number of rotatable bonds is 6. The highest BCUT2D eigenvalue weighted by atomic mass is 16.2. The molecule has 0 spiro atoms. The van der Waals surface area contributed by atoms with Crippen LogP contribution in [0.3, 0.4) is 0 Å². The minimum absolute atomic E-state index is 0.269. The number of carbonyl (C=O) groups is 1. The summed E-state index contributed by atoms with van der Waals surface area (Å²) in [7, 11) is 2.13. The first kappa shape index (κ1) is 16.8. The zero-order valence-electron chi connectivity index (χ0n) is 14.2. The normalized spacial score (nSPS) is 15.3. The Bertz CT molecular complexity index is 483. The first-order chi connectivity index (χ1) is 10.7. The van der Waals surface area contributed by atoms with E-state index in [0.29, 0.717) is 6.54 Å². The van der Waals surface area contributed by atoms with Crippen molar-refractivity contribution in [1.29, 1.82) is 0 Å². The van der Waals surface area contributed by atoms with Crippen LogP contribution in [0, 0.1) is 0 Å². The number of hydrogen-bond acceptors (Lipinski definition) is 3. The minimum Gasteiger partial charge on any atom is -0.373 e. The van der Waals surface area contributed by atoms with Gasteiger partial charge < -0.3 is 9.80 Å². The summed E-state index contributed by atoms with van der Waals surface area (Å²) in [4.78, 5) is 19.2. The van der Waals surface area contributed by atoms with Crippen molar-refractivity contribution in [3.63, 3.8) is 0 Å². The van der Waals surface area contributed by atoms with Crippen molar-refractivity contribution in [1.82, 2.24) is 9.80 Å². The number of para-hydroxylation sites is 1. The Morgan fingerprint density at radius 3 is 2.50 bits per heavy atom. The monoisotopic (exact) mass is 303 g/mol. The fourth-order valence-electron chi connectivity index (χ4n) is 3.08. The predicted octanol–water partition coefficient (Wildman–Crippen LogP) is 2.59. The summed E-state index contributed by atoms with van der Waals surface area (Å²) in [6.07, 6.45) is 2.05. The van der Waals surface area contributed by atoms with Gasteiger partial charge in [0.15, 0.2) is 0 Å². The Morgan fingerprint density at radius 1 is 1.14 bits per heavy atom. The van der Waals surface area contributed by atoms with E-state index in [2.05, 4.69) is 55.0 Å². The number of hydrogen-bond donors (Lipinski definition) is 0. The molecule has 1 heterocycles. The third kappa shape index (κ3) is 4.23. The second-order valence-electron chi connectivity index (χ2n) is 6.14. The van der Waals surface area contributed by atoms with Crippen LogP contribution in [-0.2, 0) is 11.3 Å². The third-order valence-corrected chi connectivity index (χ3v) is 4.25. The summed E-state index contributed by atoms with van der Waals surface area (Å²) in [5.74, 6) is 0.269. The summed E-state index contributed by atoms with van der Waals surface area (Å²) in [5.41, 5.74) is 2.60.